The van der Waals surface area contributed by atoms with Gasteiger partial charge in [0.2, 0.25) is 0 Å². The second-order valence-electron chi connectivity index (χ2n) is 5.25. The highest BCUT2D eigenvalue weighted by molar-refractivity contribution is 6.30. The molecule has 0 radical (unpaired) electrons. The maximum atomic E-state index is 5.87. The monoisotopic (exact) mass is 281 g/mol. The summed E-state index contributed by atoms with van der Waals surface area (Å²) in [7, 11) is 0. The Morgan fingerprint density at radius 2 is 1.47 bits per heavy atom. The van der Waals surface area contributed by atoms with Gasteiger partial charge >= 0.3 is 0 Å². The van der Waals surface area contributed by atoms with Crippen LogP contribution in [0.5, 0.6) is 0 Å². The number of benzene rings is 1. The fourth-order valence-electron chi connectivity index (χ4n) is 2.21. The van der Waals surface area contributed by atoms with E-state index < -0.39 is 0 Å². The van der Waals surface area contributed by atoms with Crippen LogP contribution in [-0.2, 0) is 6.42 Å². The molecule has 0 fully saturated rings. The lowest BCUT2D eigenvalue weighted by atomic mass is 10.1. The lowest BCUT2D eigenvalue weighted by Gasteiger charge is -2.05. The summed E-state index contributed by atoms with van der Waals surface area (Å²) in [4.78, 5) is 0. The van der Waals surface area contributed by atoms with Crippen LogP contribution < -0.4 is 5.32 Å². The molecule has 2 heteroatoms. The van der Waals surface area contributed by atoms with Crippen LogP contribution in [-0.4, -0.2) is 13.1 Å². The summed E-state index contributed by atoms with van der Waals surface area (Å²) < 4.78 is 0. The summed E-state index contributed by atoms with van der Waals surface area (Å²) in [6.07, 6.45) is 10.5. The maximum Gasteiger partial charge on any atom is 0.0406 e. The minimum absolute atomic E-state index is 0.827. The molecule has 1 nitrogen and oxygen atoms in total. The van der Waals surface area contributed by atoms with Crippen molar-refractivity contribution in [3.8, 4) is 0 Å². The Labute approximate surface area is 123 Å². The van der Waals surface area contributed by atoms with Crippen molar-refractivity contribution in [3.63, 3.8) is 0 Å². The Bertz CT molecular complexity index is 308. The third-order valence-electron chi connectivity index (χ3n) is 3.44. The van der Waals surface area contributed by atoms with Gasteiger partial charge in [0.1, 0.15) is 0 Å². The molecule has 0 spiro atoms. The van der Waals surface area contributed by atoms with E-state index in [2.05, 4.69) is 24.4 Å². The van der Waals surface area contributed by atoms with Crippen LogP contribution in [0.25, 0.3) is 0 Å². The van der Waals surface area contributed by atoms with Gasteiger partial charge in [-0.3, -0.25) is 0 Å². The zero-order valence-corrected chi connectivity index (χ0v) is 13.0. The van der Waals surface area contributed by atoms with Gasteiger partial charge in [0.25, 0.3) is 0 Å². The lowest BCUT2D eigenvalue weighted by molar-refractivity contribution is 0.566. The quantitative estimate of drug-likeness (QED) is 0.548. The van der Waals surface area contributed by atoms with Crippen molar-refractivity contribution in [2.75, 3.05) is 13.1 Å². The third kappa shape index (κ3) is 9.07. The van der Waals surface area contributed by atoms with Crippen LogP contribution in [0.4, 0.5) is 0 Å². The van der Waals surface area contributed by atoms with Crippen LogP contribution in [0, 0.1) is 0 Å². The second-order valence-corrected chi connectivity index (χ2v) is 5.68. The molecular weight excluding hydrogens is 254 g/mol. The minimum atomic E-state index is 0.827. The van der Waals surface area contributed by atoms with E-state index in [4.69, 9.17) is 11.6 Å². The molecule has 0 aliphatic carbocycles. The number of halogens is 1. The number of unbranched alkanes of at least 4 members (excludes halogenated alkanes) is 5. The first kappa shape index (κ1) is 16.5. The number of aryl methyl sites for hydroxylation is 1. The van der Waals surface area contributed by atoms with Crippen LogP contribution >= 0.6 is 11.6 Å². The first-order chi connectivity index (χ1) is 9.33. The molecule has 0 saturated carbocycles. The lowest BCUT2D eigenvalue weighted by Crippen LogP contribution is -2.16. The van der Waals surface area contributed by atoms with E-state index in [0.29, 0.717) is 0 Å². The number of hydrogen-bond donors (Lipinski definition) is 1. The summed E-state index contributed by atoms with van der Waals surface area (Å²) in [5.74, 6) is 0. The Hall–Kier alpha value is -0.530. The molecular formula is C17H28ClN. The van der Waals surface area contributed by atoms with Gasteiger partial charge in [0.15, 0.2) is 0 Å². The number of hydrogen-bond acceptors (Lipinski definition) is 1. The van der Waals surface area contributed by atoms with Crippen molar-refractivity contribution >= 4 is 11.6 Å². The molecule has 0 aromatic heterocycles. The van der Waals surface area contributed by atoms with Crippen molar-refractivity contribution in [2.24, 2.45) is 0 Å². The van der Waals surface area contributed by atoms with Crippen molar-refractivity contribution in [3.05, 3.63) is 34.9 Å². The Morgan fingerprint density at radius 3 is 2.16 bits per heavy atom. The molecule has 19 heavy (non-hydrogen) atoms. The fraction of sp³-hybridized carbons (Fsp3) is 0.647. The smallest absolute Gasteiger partial charge is 0.0406 e. The van der Waals surface area contributed by atoms with Crippen LogP contribution in [0.3, 0.4) is 0 Å². The molecule has 0 heterocycles. The van der Waals surface area contributed by atoms with Crippen molar-refractivity contribution in [1.29, 1.82) is 0 Å². The normalized spacial score (nSPS) is 10.8. The van der Waals surface area contributed by atoms with Crippen LogP contribution in [0.1, 0.15) is 57.4 Å². The summed E-state index contributed by atoms with van der Waals surface area (Å²) >= 11 is 5.87. The van der Waals surface area contributed by atoms with Gasteiger partial charge in [-0.1, -0.05) is 56.3 Å². The molecule has 1 N–H and O–H groups in total. The Kier molecular flexibility index (Phi) is 9.84. The van der Waals surface area contributed by atoms with Gasteiger partial charge in [-0.05, 0) is 56.5 Å². The molecule has 0 atom stereocenters. The van der Waals surface area contributed by atoms with Gasteiger partial charge in [-0.25, -0.2) is 0 Å². The third-order valence-corrected chi connectivity index (χ3v) is 3.69. The maximum absolute atomic E-state index is 5.87. The van der Waals surface area contributed by atoms with E-state index in [1.54, 1.807) is 0 Å². The summed E-state index contributed by atoms with van der Waals surface area (Å²) in [6.45, 7) is 4.60. The summed E-state index contributed by atoms with van der Waals surface area (Å²) in [5.41, 5.74) is 1.39. The van der Waals surface area contributed by atoms with E-state index in [1.165, 1.54) is 57.1 Å². The van der Waals surface area contributed by atoms with E-state index in [9.17, 15) is 0 Å². The highest BCUT2D eigenvalue weighted by atomic mass is 35.5. The van der Waals surface area contributed by atoms with Crippen molar-refractivity contribution < 1.29 is 0 Å². The van der Waals surface area contributed by atoms with Gasteiger partial charge < -0.3 is 5.32 Å². The topological polar surface area (TPSA) is 12.0 Å². The molecule has 1 rings (SSSR count). The van der Waals surface area contributed by atoms with E-state index in [0.717, 1.165) is 18.0 Å². The predicted molar refractivity (Wildman–Crippen MR) is 86.0 cm³/mol. The molecule has 0 amide bonds. The molecule has 0 aliphatic rings. The zero-order valence-electron chi connectivity index (χ0n) is 12.3. The standard InChI is InChI=1S/C17H28ClN/c1-2-3-4-5-7-14-19-15-8-6-9-16-10-12-17(18)13-11-16/h10-13,19H,2-9,14-15H2,1H3. The molecule has 0 aliphatic heterocycles. The first-order valence-corrected chi connectivity index (χ1v) is 8.16. The van der Waals surface area contributed by atoms with Crippen LogP contribution in [0.15, 0.2) is 24.3 Å². The van der Waals surface area contributed by atoms with E-state index in [1.807, 2.05) is 12.1 Å². The molecule has 1 aromatic rings. The number of nitrogens with one attached hydrogen (secondary N) is 1. The highest BCUT2D eigenvalue weighted by Crippen LogP contribution is 2.11. The molecule has 1 aromatic carbocycles. The number of rotatable bonds is 11. The van der Waals surface area contributed by atoms with Gasteiger partial charge in [-0.15, -0.1) is 0 Å². The Balaban J connectivity index is 1.87. The average Bonchev–Trinajstić information content (AvgIpc) is 2.43. The van der Waals surface area contributed by atoms with Crippen molar-refractivity contribution in [2.45, 2.75) is 58.3 Å². The summed E-state index contributed by atoms with van der Waals surface area (Å²) in [6, 6.07) is 8.21. The predicted octanol–water partition coefficient (Wildman–Crippen LogP) is 5.22. The van der Waals surface area contributed by atoms with E-state index in [-0.39, 0.29) is 0 Å². The fourth-order valence-corrected chi connectivity index (χ4v) is 2.33. The van der Waals surface area contributed by atoms with Gasteiger partial charge in [0, 0.05) is 5.02 Å². The highest BCUT2D eigenvalue weighted by Gasteiger charge is 1.94. The molecule has 108 valence electrons. The summed E-state index contributed by atoms with van der Waals surface area (Å²) in [5, 5.41) is 4.36. The Morgan fingerprint density at radius 1 is 0.842 bits per heavy atom. The zero-order chi connectivity index (χ0) is 13.8. The first-order valence-electron chi connectivity index (χ1n) is 7.78. The second kappa shape index (κ2) is 11.3. The molecule has 0 saturated heterocycles. The van der Waals surface area contributed by atoms with Gasteiger partial charge in [0.05, 0.1) is 0 Å². The average molecular weight is 282 g/mol. The van der Waals surface area contributed by atoms with Crippen molar-refractivity contribution in [1.82, 2.24) is 5.32 Å². The molecule has 0 bridgehead atoms. The van der Waals surface area contributed by atoms with Gasteiger partial charge in [-0.2, -0.15) is 0 Å². The SMILES string of the molecule is CCCCCCCNCCCCc1ccc(Cl)cc1. The largest absolute Gasteiger partial charge is 0.317 e. The molecule has 0 unspecified atom stereocenters. The minimum Gasteiger partial charge on any atom is -0.317 e. The van der Waals surface area contributed by atoms with Crippen LogP contribution in [0.2, 0.25) is 5.02 Å². The van der Waals surface area contributed by atoms with E-state index >= 15 is 0 Å².